The second kappa shape index (κ2) is 9.98. The summed E-state index contributed by atoms with van der Waals surface area (Å²) in [4.78, 5) is 20.2. The largest absolute Gasteiger partial charge is 0.508 e. The number of hydrogen-bond acceptors (Lipinski definition) is 8. The van der Waals surface area contributed by atoms with E-state index in [1.807, 2.05) is 0 Å². The summed E-state index contributed by atoms with van der Waals surface area (Å²) in [6.45, 7) is 0. The predicted octanol–water partition coefficient (Wildman–Crippen LogP) is 2.12. The minimum atomic E-state index is -3.90. The fourth-order valence-electron chi connectivity index (χ4n) is 2.88. The minimum absolute atomic E-state index is 0.0143. The number of carbonyl (C=O) groups is 1. The molecule has 0 aliphatic rings. The van der Waals surface area contributed by atoms with E-state index in [1.54, 1.807) is 6.07 Å². The molecule has 32 heavy (non-hydrogen) atoms. The molecule has 0 spiro atoms. The molecular weight excluding hydrogens is 434 g/mol. The van der Waals surface area contributed by atoms with E-state index in [9.17, 15) is 18.3 Å². The van der Waals surface area contributed by atoms with Gasteiger partial charge in [-0.1, -0.05) is 12.1 Å². The van der Waals surface area contributed by atoms with Crippen molar-refractivity contribution in [2.75, 3.05) is 11.8 Å². The molecule has 0 saturated carbocycles. The van der Waals surface area contributed by atoms with E-state index in [4.69, 9.17) is 10.1 Å². The molecule has 1 aromatic heterocycles. The Morgan fingerprint density at radius 1 is 1.09 bits per heavy atom. The Labute approximate surface area is 184 Å². The van der Waals surface area contributed by atoms with Gasteiger partial charge in [-0.15, -0.1) is 0 Å². The molecule has 1 heterocycles. The van der Waals surface area contributed by atoms with Gasteiger partial charge in [0.05, 0.1) is 10.8 Å². The number of amides is 1. The van der Waals surface area contributed by atoms with Gasteiger partial charge in [-0.2, -0.15) is 0 Å². The van der Waals surface area contributed by atoms with E-state index in [0.717, 1.165) is 6.21 Å². The lowest BCUT2D eigenvalue weighted by molar-refractivity contribution is 0.0544. The van der Waals surface area contributed by atoms with Crippen LogP contribution in [0.3, 0.4) is 0 Å². The molecule has 1 amide bonds. The van der Waals surface area contributed by atoms with Crippen LogP contribution in [0.15, 0.2) is 71.9 Å². The molecule has 11 heteroatoms. The monoisotopic (exact) mass is 455 g/mol. The van der Waals surface area contributed by atoms with Crippen molar-refractivity contribution < 1.29 is 23.1 Å². The number of benzene rings is 2. The SMILES string of the molecule is COC(NC(=O)c1ccc(O)cc1)C(C=N)c1ccc(S(=O)(=O)Nc2ncccn2)cc1. The lowest BCUT2D eigenvalue weighted by Crippen LogP contribution is -2.41. The van der Waals surface area contributed by atoms with Crippen molar-refractivity contribution in [3.05, 3.63) is 78.1 Å². The van der Waals surface area contributed by atoms with Crippen LogP contribution in [-0.4, -0.2) is 49.0 Å². The minimum Gasteiger partial charge on any atom is -0.508 e. The van der Waals surface area contributed by atoms with Gasteiger partial charge in [0.15, 0.2) is 0 Å². The number of sulfonamides is 1. The first-order chi connectivity index (χ1) is 15.3. The zero-order valence-corrected chi connectivity index (χ0v) is 17.8. The number of methoxy groups -OCH3 is 1. The average Bonchev–Trinajstić information content (AvgIpc) is 2.80. The van der Waals surface area contributed by atoms with Crippen LogP contribution in [-0.2, 0) is 14.8 Å². The number of hydrogen-bond donors (Lipinski definition) is 4. The lowest BCUT2D eigenvalue weighted by atomic mass is 9.98. The first-order valence-electron chi connectivity index (χ1n) is 9.37. The number of anilines is 1. The molecular formula is C21H21N5O5S. The van der Waals surface area contributed by atoms with Crippen molar-refractivity contribution in [2.24, 2.45) is 0 Å². The highest BCUT2D eigenvalue weighted by Crippen LogP contribution is 2.22. The Balaban J connectivity index is 1.76. The summed E-state index contributed by atoms with van der Waals surface area (Å²) in [5.74, 6) is -1.14. The van der Waals surface area contributed by atoms with E-state index in [2.05, 4.69) is 20.0 Å². The molecule has 2 atom stereocenters. The zero-order valence-electron chi connectivity index (χ0n) is 17.0. The van der Waals surface area contributed by atoms with E-state index in [0.29, 0.717) is 11.1 Å². The number of rotatable bonds is 9. The van der Waals surface area contributed by atoms with Crippen LogP contribution in [0.25, 0.3) is 0 Å². The third-order valence-corrected chi connectivity index (χ3v) is 5.87. The fraction of sp³-hybridized carbons (Fsp3) is 0.143. The molecule has 3 aromatic rings. The summed E-state index contributed by atoms with van der Waals surface area (Å²) < 4.78 is 32.7. The maximum Gasteiger partial charge on any atom is 0.264 e. The lowest BCUT2D eigenvalue weighted by Gasteiger charge is -2.24. The zero-order chi connectivity index (χ0) is 23.1. The van der Waals surface area contributed by atoms with Crippen molar-refractivity contribution in [2.45, 2.75) is 17.0 Å². The first kappa shape index (κ1) is 22.8. The third kappa shape index (κ3) is 5.45. The summed E-state index contributed by atoms with van der Waals surface area (Å²) in [7, 11) is -2.51. The number of aromatic hydroxyl groups is 1. The number of aromatic nitrogens is 2. The summed E-state index contributed by atoms with van der Waals surface area (Å²) in [5.41, 5.74) is 0.872. The van der Waals surface area contributed by atoms with Gasteiger partial charge in [0, 0.05) is 31.3 Å². The summed E-state index contributed by atoms with van der Waals surface area (Å²) in [6, 6.07) is 13.1. The smallest absolute Gasteiger partial charge is 0.264 e. The molecule has 0 aliphatic carbocycles. The topological polar surface area (TPSA) is 154 Å². The highest BCUT2D eigenvalue weighted by Gasteiger charge is 2.24. The van der Waals surface area contributed by atoms with Crippen LogP contribution in [0.1, 0.15) is 21.8 Å². The number of carbonyl (C=O) groups excluding carboxylic acids is 1. The van der Waals surface area contributed by atoms with Crippen molar-refractivity contribution in [1.29, 1.82) is 5.41 Å². The van der Waals surface area contributed by atoms with Crippen molar-refractivity contribution in [1.82, 2.24) is 15.3 Å². The molecule has 0 radical (unpaired) electrons. The van der Waals surface area contributed by atoms with Gasteiger partial charge in [0.1, 0.15) is 12.0 Å². The fourth-order valence-corrected chi connectivity index (χ4v) is 3.84. The maximum absolute atomic E-state index is 12.5. The van der Waals surface area contributed by atoms with Crippen LogP contribution in [0.5, 0.6) is 5.75 Å². The van der Waals surface area contributed by atoms with Crippen LogP contribution in [0.2, 0.25) is 0 Å². The summed E-state index contributed by atoms with van der Waals surface area (Å²) in [6.07, 6.45) is 3.05. The summed E-state index contributed by atoms with van der Waals surface area (Å²) >= 11 is 0. The highest BCUT2D eigenvalue weighted by atomic mass is 32.2. The highest BCUT2D eigenvalue weighted by molar-refractivity contribution is 7.92. The van der Waals surface area contributed by atoms with Gasteiger partial charge in [-0.25, -0.2) is 23.1 Å². The first-order valence-corrected chi connectivity index (χ1v) is 10.9. The van der Waals surface area contributed by atoms with Crippen LogP contribution in [0.4, 0.5) is 5.95 Å². The van der Waals surface area contributed by atoms with Crippen LogP contribution >= 0.6 is 0 Å². The van der Waals surface area contributed by atoms with Crippen molar-refractivity contribution in [3.8, 4) is 5.75 Å². The Bertz CT molecular complexity index is 1170. The van der Waals surface area contributed by atoms with Gasteiger partial charge in [0.2, 0.25) is 5.95 Å². The number of nitrogens with one attached hydrogen (secondary N) is 3. The molecule has 2 aromatic carbocycles. The third-order valence-electron chi connectivity index (χ3n) is 4.53. The molecule has 166 valence electrons. The number of phenolic OH excluding ortho intramolecular Hbond substituents is 1. The van der Waals surface area contributed by atoms with Gasteiger partial charge >= 0.3 is 0 Å². The molecule has 0 saturated heterocycles. The van der Waals surface area contributed by atoms with E-state index < -0.39 is 28.1 Å². The maximum atomic E-state index is 12.5. The van der Waals surface area contributed by atoms with E-state index in [-0.39, 0.29) is 16.6 Å². The predicted molar refractivity (Wildman–Crippen MR) is 117 cm³/mol. The van der Waals surface area contributed by atoms with Gasteiger partial charge < -0.3 is 20.6 Å². The Morgan fingerprint density at radius 3 is 2.28 bits per heavy atom. The molecule has 3 rings (SSSR count). The molecule has 0 fully saturated rings. The van der Waals surface area contributed by atoms with Gasteiger partial charge in [-0.3, -0.25) is 4.79 Å². The quantitative estimate of drug-likeness (QED) is 0.285. The Morgan fingerprint density at radius 2 is 1.72 bits per heavy atom. The second-order valence-electron chi connectivity index (χ2n) is 6.62. The number of ether oxygens (including phenoxy) is 1. The molecule has 0 bridgehead atoms. The van der Waals surface area contributed by atoms with Gasteiger partial charge in [0.25, 0.3) is 15.9 Å². The molecule has 4 N–H and O–H groups in total. The van der Waals surface area contributed by atoms with E-state index in [1.165, 1.54) is 68.0 Å². The van der Waals surface area contributed by atoms with Gasteiger partial charge in [-0.05, 0) is 48.0 Å². The molecule has 2 unspecified atom stereocenters. The van der Waals surface area contributed by atoms with Crippen molar-refractivity contribution >= 4 is 28.1 Å². The Hall–Kier alpha value is -3.83. The van der Waals surface area contributed by atoms with Crippen LogP contribution in [0, 0.1) is 5.41 Å². The van der Waals surface area contributed by atoms with Crippen molar-refractivity contribution in [3.63, 3.8) is 0 Å². The number of phenols is 1. The second-order valence-corrected chi connectivity index (χ2v) is 8.30. The Kier molecular flexibility index (Phi) is 7.13. The molecule has 10 nitrogen and oxygen atoms in total. The molecule has 0 aliphatic heterocycles. The van der Waals surface area contributed by atoms with Crippen LogP contribution < -0.4 is 10.0 Å². The standard InChI is InChI=1S/C21H21N5O5S/c1-31-20(25-19(28)15-3-7-16(27)8-4-15)18(13-22)14-5-9-17(10-6-14)32(29,30)26-21-23-11-2-12-24-21/h2-13,18,20,22,27H,1H3,(H,25,28)(H,23,24,26). The normalized spacial score (nSPS) is 13.0. The average molecular weight is 455 g/mol. The summed E-state index contributed by atoms with van der Waals surface area (Å²) in [5, 5.41) is 19.8. The van der Waals surface area contributed by atoms with E-state index >= 15 is 0 Å². The number of nitrogens with zero attached hydrogens (tertiary/aromatic N) is 2.